The van der Waals surface area contributed by atoms with Crippen LogP contribution in [0, 0.1) is 0 Å². The Morgan fingerprint density at radius 3 is 2.53 bits per heavy atom. The van der Waals surface area contributed by atoms with E-state index in [1.807, 2.05) is 47.4 Å². The van der Waals surface area contributed by atoms with Gasteiger partial charge in [0.05, 0.1) is 11.4 Å². The number of nitrogens with one attached hydrogen (secondary N) is 1. The number of rotatable bonds is 4. The van der Waals surface area contributed by atoms with E-state index in [0.29, 0.717) is 12.5 Å². The van der Waals surface area contributed by atoms with Crippen molar-refractivity contribution in [2.24, 2.45) is 0 Å². The summed E-state index contributed by atoms with van der Waals surface area (Å²) in [6.07, 6.45) is 14.2. The number of pyridine rings is 1. The number of nitrogens with zero attached hydrogens (tertiary/aromatic N) is 4. The molecule has 0 bridgehead atoms. The van der Waals surface area contributed by atoms with Gasteiger partial charge < -0.3 is 10.2 Å². The highest BCUT2D eigenvalue weighted by Gasteiger charge is 2.31. The maximum absolute atomic E-state index is 12.9. The first-order valence-electron chi connectivity index (χ1n) is 11.0. The van der Waals surface area contributed by atoms with E-state index in [4.69, 9.17) is 0 Å². The Morgan fingerprint density at radius 2 is 1.80 bits per heavy atom. The number of carbonyl (C=O) groups is 1. The van der Waals surface area contributed by atoms with Gasteiger partial charge >= 0.3 is 0 Å². The number of aryl methyl sites for hydroxylation is 1. The van der Waals surface area contributed by atoms with E-state index >= 15 is 0 Å². The molecule has 2 aliphatic rings. The van der Waals surface area contributed by atoms with Gasteiger partial charge in [0.2, 0.25) is 5.91 Å². The van der Waals surface area contributed by atoms with E-state index in [9.17, 15) is 4.79 Å². The van der Waals surface area contributed by atoms with Crippen molar-refractivity contribution in [2.45, 2.75) is 57.4 Å². The van der Waals surface area contributed by atoms with E-state index in [1.54, 1.807) is 6.20 Å². The molecular formula is C24H27N5O. The third kappa shape index (κ3) is 3.82. The van der Waals surface area contributed by atoms with Gasteiger partial charge in [0.1, 0.15) is 5.82 Å². The minimum Gasteiger partial charge on any atom is -0.340 e. The molecule has 1 aliphatic carbocycles. The third-order valence-electron chi connectivity index (χ3n) is 6.20. The lowest BCUT2D eigenvalue weighted by Gasteiger charge is -2.36. The van der Waals surface area contributed by atoms with Crippen LogP contribution in [0.15, 0.2) is 55.0 Å². The van der Waals surface area contributed by atoms with Crippen molar-refractivity contribution >= 4 is 23.1 Å². The smallest absolute Gasteiger partial charge is 0.227 e. The molecule has 30 heavy (non-hydrogen) atoms. The molecule has 0 saturated heterocycles. The molecule has 3 heterocycles. The highest BCUT2D eigenvalue weighted by molar-refractivity contribution is 5.97. The fraction of sp³-hybridized carbons (Fsp3) is 0.375. The largest absolute Gasteiger partial charge is 0.340 e. The van der Waals surface area contributed by atoms with Crippen LogP contribution in [0.1, 0.15) is 50.5 Å². The number of hydrogen-bond acceptors (Lipinski definition) is 4. The summed E-state index contributed by atoms with van der Waals surface area (Å²) in [4.78, 5) is 19.6. The number of hydrogen-bond donors (Lipinski definition) is 1. The SMILES string of the molecule is O=C1CCc2cnc(Nc3ccc(-n4cccn4)cc3)cc2N1C1CCCCCC1. The predicted molar refractivity (Wildman–Crippen MR) is 118 cm³/mol. The van der Waals surface area contributed by atoms with Gasteiger partial charge in [-0.15, -0.1) is 0 Å². The Balaban J connectivity index is 1.39. The van der Waals surface area contributed by atoms with E-state index in [2.05, 4.69) is 26.4 Å². The zero-order valence-corrected chi connectivity index (χ0v) is 17.1. The van der Waals surface area contributed by atoms with E-state index in [1.165, 1.54) is 31.2 Å². The quantitative estimate of drug-likeness (QED) is 0.624. The van der Waals surface area contributed by atoms with Gasteiger partial charge in [0.15, 0.2) is 0 Å². The molecule has 1 fully saturated rings. The summed E-state index contributed by atoms with van der Waals surface area (Å²) in [5, 5.41) is 7.66. The van der Waals surface area contributed by atoms with Crippen LogP contribution in [-0.4, -0.2) is 26.7 Å². The van der Waals surface area contributed by atoms with Gasteiger partial charge in [-0.2, -0.15) is 5.10 Å². The fourth-order valence-electron chi connectivity index (χ4n) is 4.64. The monoisotopic (exact) mass is 401 g/mol. The van der Waals surface area contributed by atoms with Crippen LogP contribution in [0.5, 0.6) is 0 Å². The number of benzene rings is 1. The third-order valence-corrected chi connectivity index (χ3v) is 6.20. The second-order valence-corrected chi connectivity index (χ2v) is 8.23. The zero-order chi connectivity index (χ0) is 20.3. The van der Waals surface area contributed by atoms with Gasteiger partial charge in [-0.05, 0) is 55.2 Å². The molecule has 1 aromatic carbocycles. The summed E-state index contributed by atoms with van der Waals surface area (Å²) in [5.41, 5.74) is 4.19. The van der Waals surface area contributed by atoms with Crippen molar-refractivity contribution in [3.8, 4) is 5.69 Å². The van der Waals surface area contributed by atoms with Crippen molar-refractivity contribution in [3.05, 3.63) is 60.6 Å². The minimum atomic E-state index is 0.259. The maximum atomic E-state index is 12.9. The van der Waals surface area contributed by atoms with Crippen molar-refractivity contribution in [1.29, 1.82) is 0 Å². The summed E-state index contributed by atoms with van der Waals surface area (Å²) < 4.78 is 1.83. The lowest BCUT2D eigenvalue weighted by atomic mass is 9.98. The molecule has 6 heteroatoms. The average molecular weight is 402 g/mol. The molecule has 154 valence electrons. The Bertz CT molecular complexity index is 1000. The van der Waals surface area contributed by atoms with Gasteiger partial charge in [0, 0.05) is 42.8 Å². The van der Waals surface area contributed by atoms with Crippen LogP contribution >= 0.6 is 0 Å². The fourth-order valence-corrected chi connectivity index (χ4v) is 4.64. The molecule has 5 rings (SSSR count). The molecule has 2 aromatic heterocycles. The molecule has 6 nitrogen and oxygen atoms in total. The van der Waals surface area contributed by atoms with E-state index in [0.717, 1.165) is 42.1 Å². The lowest BCUT2D eigenvalue weighted by molar-refractivity contribution is -0.119. The van der Waals surface area contributed by atoms with Crippen LogP contribution in [0.4, 0.5) is 17.2 Å². The summed E-state index contributed by atoms with van der Waals surface area (Å²) >= 11 is 0. The standard InChI is InChI=1S/C24H27N5O/c30-24-13-8-18-17-25-23(16-22(18)29(24)21-6-3-1-2-4-7-21)27-19-9-11-20(12-10-19)28-15-5-14-26-28/h5,9-12,14-17,21H,1-4,6-8,13H2,(H,25,27). The summed E-state index contributed by atoms with van der Waals surface area (Å²) in [6.45, 7) is 0. The van der Waals surface area contributed by atoms with Crippen molar-refractivity contribution in [2.75, 3.05) is 10.2 Å². The predicted octanol–water partition coefficient (Wildman–Crippen LogP) is 5.01. The summed E-state index contributed by atoms with van der Waals surface area (Å²) in [5.74, 6) is 1.03. The lowest BCUT2D eigenvalue weighted by Crippen LogP contribution is -2.43. The second kappa shape index (κ2) is 8.30. The first-order valence-corrected chi connectivity index (χ1v) is 11.0. The summed E-state index contributed by atoms with van der Waals surface area (Å²) in [7, 11) is 0. The molecular weight excluding hydrogens is 374 g/mol. The van der Waals surface area contributed by atoms with Gasteiger partial charge in [-0.25, -0.2) is 9.67 Å². The molecule has 0 radical (unpaired) electrons. The Morgan fingerprint density at radius 1 is 1.00 bits per heavy atom. The van der Waals surface area contributed by atoms with E-state index in [-0.39, 0.29) is 5.91 Å². The Hall–Kier alpha value is -3.15. The molecule has 0 unspecified atom stereocenters. The van der Waals surface area contributed by atoms with Crippen LogP contribution in [0.3, 0.4) is 0 Å². The van der Waals surface area contributed by atoms with Gasteiger partial charge in [-0.1, -0.05) is 25.7 Å². The number of aromatic nitrogens is 3. The van der Waals surface area contributed by atoms with Crippen LogP contribution < -0.4 is 10.2 Å². The van der Waals surface area contributed by atoms with Crippen LogP contribution in [-0.2, 0) is 11.2 Å². The number of amides is 1. The average Bonchev–Trinajstić information content (AvgIpc) is 3.18. The minimum absolute atomic E-state index is 0.259. The van der Waals surface area contributed by atoms with Crippen molar-refractivity contribution in [3.63, 3.8) is 0 Å². The van der Waals surface area contributed by atoms with Crippen molar-refractivity contribution < 1.29 is 4.79 Å². The summed E-state index contributed by atoms with van der Waals surface area (Å²) in [6, 6.07) is 12.4. The molecule has 1 saturated carbocycles. The Kier molecular flexibility index (Phi) is 5.22. The van der Waals surface area contributed by atoms with Crippen LogP contribution in [0.2, 0.25) is 0 Å². The first-order chi connectivity index (χ1) is 14.8. The number of fused-ring (bicyclic) bond motifs is 1. The van der Waals surface area contributed by atoms with Gasteiger partial charge in [0.25, 0.3) is 0 Å². The highest BCUT2D eigenvalue weighted by atomic mass is 16.2. The number of carbonyl (C=O) groups excluding carboxylic acids is 1. The topological polar surface area (TPSA) is 63.1 Å². The number of anilines is 3. The maximum Gasteiger partial charge on any atom is 0.227 e. The second-order valence-electron chi connectivity index (χ2n) is 8.23. The molecule has 0 atom stereocenters. The molecule has 1 N–H and O–H groups in total. The molecule has 3 aromatic rings. The zero-order valence-electron chi connectivity index (χ0n) is 17.1. The van der Waals surface area contributed by atoms with E-state index < -0.39 is 0 Å². The molecule has 0 spiro atoms. The van der Waals surface area contributed by atoms with Crippen LogP contribution in [0.25, 0.3) is 5.69 Å². The Labute approximate surface area is 176 Å². The highest BCUT2D eigenvalue weighted by Crippen LogP contribution is 2.35. The van der Waals surface area contributed by atoms with Crippen molar-refractivity contribution in [1.82, 2.24) is 14.8 Å². The normalized spacial score (nSPS) is 17.5. The molecule has 1 aliphatic heterocycles. The van der Waals surface area contributed by atoms with Gasteiger partial charge in [-0.3, -0.25) is 4.79 Å². The molecule has 1 amide bonds. The first kappa shape index (κ1) is 18.9.